The molecule has 0 saturated carbocycles. The molecule has 0 fully saturated rings. The van der Waals surface area contributed by atoms with Gasteiger partial charge in [0.1, 0.15) is 5.75 Å². The van der Waals surface area contributed by atoms with Crippen molar-refractivity contribution in [2.45, 2.75) is 0 Å². The fraction of sp³-hybridized carbons (Fsp3) is 0.100. The maximum absolute atomic E-state index is 9.02. The Hall–Kier alpha value is -1.61. The van der Waals surface area contributed by atoms with Crippen molar-refractivity contribution in [3.63, 3.8) is 0 Å². The van der Waals surface area contributed by atoms with Gasteiger partial charge >= 0.3 is 0 Å². The zero-order chi connectivity index (χ0) is 9.68. The van der Waals surface area contributed by atoms with Gasteiger partial charge in [0.05, 0.1) is 19.0 Å². The van der Waals surface area contributed by atoms with Gasteiger partial charge in [0, 0.05) is 6.08 Å². The van der Waals surface area contributed by atoms with Gasteiger partial charge in [-0.1, -0.05) is 0 Å². The van der Waals surface area contributed by atoms with E-state index in [0.717, 1.165) is 5.56 Å². The lowest BCUT2D eigenvalue weighted by molar-refractivity contribution is -0.556. The van der Waals surface area contributed by atoms with E-state index in [2.05, 4.69) is 0 Å². The third kappa shape index (κ3) is 2.72. The summed E-state index contributed by atoms with van der Waals surface area (Å²) in [6.07, 6.45) is 3.53. The highest BCUT2D eigenvalue weighted by Gasteiger charge is 1.96. The van der Waals surface area contributed by atoms with Crippen molar-refractivity contribution < 1.29 is 10.4 Å². The summed E-state index contributed by atoms with van der Waals surface area (Å²) in [6, 6.07) is 6.59. The van der Waals surface area contributed by atoms with Crippen LogP contribution in [-0.2, 0) is 0 Å². The number of rotatable bonds is 3. The Labute approximate surface area is 77.2 Å². The SMILES string of the molecule is C[NH2+]C=CC(=N)c1ccc(O)cc1. The van der Waals surface area contributed by atoms with E-state index in [1.54, 1.807) is 30.3 Å². The first kappa shape index (κ1) is 9.48. The summed E-state index contributed by atoms with van der Waals surface area (Å²) in [5, 5.41) is 18.5. The summed E-state index contributed by atoms with van der Waals surface area (Å²) >= 11 is 0. The second-order valence-corrected chi connectivity index (χ2v) is 2.65. The van der Waals surface area contributed by atoms with Gasteiger partial charge in [-0.25, -0.2) is 0 Å². The summed E-state index contributed by atoms with van der Waals surface area (Å²) in [4.78, 5) is 0. The fourth-order valence-corrected chi connectivity index (χ4v) is 0.930. The molecule has 3 heteroatoms. The van der Waals surface area contributed by atoms with Gasteiger partial charge in [-0.15, -0.1) is 0 Å². The van der Waals surface area contributed by atoms with E-state index >= 15 is 0 Å². The normalized spacial score (nSPS) is 10.5. The third-order valence-electron chi connectivity index (χ3n) is 1.63. The fourth-order valence-electron chi connectivity index (χ4n) is 0.930. The Morgan fingerprint density at radius 3 is 2.54 bits per heavy atom. The van der Waals surface area contributed by atoms with E-state index in [-0.39, 0.29) is 5.75 Å². The lowest BCUT2D eigenvalue weighted by Gasteiger charge is -1.97. The molecule has 0 spiro atoms. The zero-order valence-electron chi connectivity index (χ0n) is 7.49. The molecule has 0 unspecified atom stereocenters. The average Bonchev–Trinajstić information content (AvgIpc) is 2.15. The lowest BCUT2D eigenvalue weighted by atomic mass is 10.1. The monoisotopic (exact) mass is 177 g/mol. The first-order valence-corrected chi connectivity index (χ1v) is 4.08. The predicted molar refractivity (Wildman–Crippen MR) is 51.9 cm³/mol. The van der Waals surface area contributed by atoms with E-state index in [0.29, 0.717) is 5.71 Å². The number of nitrogens with two attached hydrogens (primary N) is 1. The molecule has 0 radical (unpaired) electrons. The van der Waals surface area contributed by atoms with Crippen molar-refractivity contribution in [1.29, 1.82) is 5.41 Å². The molecule has 0 aromatic heterocycles. The minimum absolute atomic E-state index is 0.225. The van der Waals surface area contributed by atoms with Gasteiger partial charge in [0.25, 0.3) is 0 Å². The van der Waals surface area contributed by atoms with Crippen LogP contribution in [0.4, 0.5) is 0 Å². The maximum atomic E-state index is 9.02. The number of hydrogen-bond acceptors (Lipinski definition) is 2. The predicted octanol–water partition coefficient (Wildman–Crippen LogP) is 0.467. The largest absolute Gasteiger partial charge is 0.508 e. The first-order chi connectivity index (χ1) is 6.24. The molecule has 1 rings (SSSR count). The van der Waals surface area contributed by atoms with Gasteiger partial charge in [-0.2, -0.15) is 0 Å². The van der Waals surface area contributed by atoms with E-state index in [4.69, 9.17) is 10.5 Å². The molecule has 0 aliphatic carbocycles. The van der Waals surface area contributed by atoms with Crippen molar-refractivity contribution in [3.8, 4) is 5.75 Å². The first-order valence-electron chi connectivity index (χ1n) is 4.08. The van der Waals surface area contributed by atoms with Gasteiger partial charge in [-0.3, -0.25) is 0 Å². The van der Waals surface area contributed by atoms with Gasteiger partial charge in [0.2, 0.25) is 0 Å². The second-order valence-electron chi connectivity index (χ2n) is 2.65. The number of phenolic OH excluding ortho intramolecular Hbond substituents is 1. The van der Waals surface area contributed by atoms with E-state index in [9.17, 15) is 0 Å². The number of hydrogen-bond donors (Lipinski definition) is 3. The van der Waals surface area contributed by atoms with Crippen LogP contribution in [0.1, 0.15) is 5.56 Å². The highest BCUT2D eigenvalue weighted by Crippen LogP contribution is 2.09. The summed E-state index contributed by atoms with van der Waals surface area (Å²) in [5.74, 6) is 0.225. The minimum Gasteiger partial charge on any atom is -0.508 e. The molecule has 0 atom stereocenters. The molecule has 13 heavy (non-hydrogen) atoms. The number of benzene rings is 1. The zero-order valence-corrected chi connectivity index (χ0v) is 7.49. The van der Waals surface area contributed by atoms with Crippen LogP contribution in [0.5, 0.6) is 5.75 Å². The van der Waals surface area contributed by atoms with Crippen molar-refractivity contribution in [3.05, 3.63) is 42.1 Å². The molecule has 68 valence electrons. The highest BCUT2D eigenvalue weighted by molar-refractivity contribution is 6.06. The molecule has 1 aromatic rings. The summed E-state index contributed by atoms with van der Waals surface area (Å²) in [5.41, 5.74) is 1.24. The van der Waals surface area contributed by atoms with Crippen molar-refractivity contribution >= 4 is 5.71 Å². The summed E-state index contributed by atoms with van der Waals surface area (Å²) < 4.78 is 0. The van der Waals surface area contributed by atoms with Crippen molar-refractivity contribution in [1.82, 2.24) is 0 Å². The number of aromatic hydroxyl groups is 1. The van der Waals surface area contributed by atoms with Crippen LogP contribution >= 0.6 is 0 Å². The van der Waals surface area contributed by atoms with E-state index < -0.39 is 0 Å². The van der Waals surface area contributed by atoms with Gasteiger partial charge in [-0.05, 0) is 29.8 Å². The van der Waals surface area contributed by atoms with Crippen LogP contribution in [-0.4, -0.2) is 17.9 Å². The van der Waals surface area contributed by atoms with Crippen LogP contribution in [0.15, 0.2) is 36.5 Å². The number of nitrogens with one attached hydrogen (secondary N) is 1. The summed E-state index contributed by atoms with van der Waals surface area (Å²) in [6.45, 7) is 0. The Bertz CT molecular complexity index is 314. The topological polar surface area (TPSA) is 60.7 Å². The Morgan fingerprint density at radius 1 is 1.38 bits per heavy atom. The van der Waals surface area contributed by atoms with E-state index in [1.165, 1.54) is 0 Å². The van der Waals surface area contributed by atoms with Crippen molar-refractivity contribution in [2.24, 2.45) is 0 Å². The molecule has 0 heterocycles. The smallest absolute Gasteiger partial charge is 0.115 e. The number of allylic oxidation sites excluding steroid dienone is 1. The Morgan fingerprint density at radius 2 is 2.00 bits per heavy atom. The van der Waals surface area contributed by atoms with Crippen LogP contribution < -0.4 is 5.32 Å². The van der Waals surface area contributed by atoms with Gasteiger partial charge < -0.3 is 15.8 Å². The van der Waals surface area contributed by atoms with Gasteiger partial charge in [0.15, 0.2) is 0 Å². The molecule has 0 aliphatic rings. The van der Waals surface area contributed by atoms with Crippen LogP contribution in [0.25, 0.3) is 0 Å². The second kappa shape index (κ2) is 4.42. The van der Waals surface area contributed by atoms with Crippen LogP contribution in [0.3, 0.4) is 0 Å². The standard InChI is InChI=1S/C10H12N2O/c1-12-7-6-10(11)8-2-4-9(13)5-3-8/h2-7,11-13H,1H3/p+1. The van der Waals surface area contributed by atoms with Crippen LogP contribution in [0.2, 0.25) is 0 Å². The molecule has 1 aromatic carbocycles. The molecule has 0 aliphatic heterocycles. The Balaban J connectivity index is 2.78. The molecule has 0 bridgehead atoms. The quantitative estimate of drug-likeness (QED) is 0.577. The third-order valence-corrected chi connectivity index (χ3v) is 1.63. The molecular weight excluding hydrogens is 164 g/mol. The van der Waals surface area contributed by atoms with Crippen molar-refractivity contribution in [2.75, 3.05) is 7.05 Å². The maximum Gasteiger partial charge on any atom is 0.115 e. The number of phenols is 1. The molecule has 3 nitrogen and oxygen atoms in total. The van der Waals surface area contributed by atoms with Crippen LogP contribution in [0, 0.1) is 5.41 Å². The molecule has 0 saturated heterocycles. The average molecular weight is 177 g/mol. The highest BCUT2D eigenvalue weighted by atomic mass is 16.3. The lowest BCUT2D eigenvalue weighted by Crippen LogP contribution is -2.72. The molecular formula is C10H13N2O+. The Kier molecular flexibility index (Phi) is 3.23. The molecule has 4 N–H and O–H groups in total. The number of quaternary nitrogens is 1. The van der Waals surface area contributed by atoms with E-state index in [1.807, 2.05) is 18.6 Å². The summed E-state index contributed by atoms with van der Waals surface area (Å²) in [7, 11) is 1.90. The molecule has 0 amide bonds. The minimum atomic E-state index is 0.225.